The van der Waals surface area contributed by atoms with E-state index >= 15 is 0 Å². The molecule has 0 saturated carbocycles. The first kappa shape index (κ1) is 18.8. The van der Waals surface area contributed by atoms with Crippen molar-refractivity contribution < 1.29 is 14.3 Å². The standard InChI is InChI=1S/C16H18N4O3S2/c1-3-23-15(22)11-4-6-12(7-5-11)18-16(24)20-19-14(21)8-13-9-25-10(2)17-13/h4-7,9H,3,8H2,1-2H3,(H,19,21)(H2,18,20,24). The number of carbonyl (C=O) groups is 2. The number of hydrogen-bond donors (Lipinski definition) is 3. The quantitative estimate of drug-likeness (QED) is 0.417. The van der Waals surface area contributed by atoms with E-state index in [0.29, 0.717) is 17.9 Å². The highest BCUT2D eigenvalue weighted by Gasteiger charge is 2.08. The number of rotatable bonds is 5. The van der Waals surface area contributed by atoms with Crippen LogP contribution in [0.1, 0.15) is 28.0 Å². The third kappa shape index (κ3) is 6.12. The summed E-state index contributed by atoms with van der Waals surface area (Å²) in [7, 11) is 0. The Kier molecular flexibility index (Phi) is 6.84. The van der Waals surface area contributed by atoms with Gasteiger partial charge >= 0.3 is 5.97 Å². The van der Waals surface area contributed by atoms with Crippen molar-refractivity contribution in [2.24, 2.45) is 0 Å². The smallest absolute Gasteiger partial charge is 0.338 e. The lowest BCUT2D eigenvalue weighted by Crippen LogP contribution is -2.44. The van der Waals surface area contributed by atoms with Crippen molar-refractivity contribution in [2.75, 3.05) is 11.9 Å². The maximum absolute atomic E-state index is 11.8. The van der Waals surface area contributed by atoms with Gasteiger partial charge in [0.25, 0.3) is 0 Å². The Balaban J connectivity index is 1.77. The van der Waals surface area contributed by atoms with E-state index in [0.717, 1.165) is 10.7 Å². The lowest BCUT2D eigenvalue weighted by molar-refractivity contribution is -0.121. The van der Waals surface area contributed by atoms with Crippen LogP contribution < -0.4 is 16.2 Å². The number of carbonyl (C=O) groups excluding carboxylic acids is 2. The molecule has 3 N–H and O–H groups in total. The van der Waals surface area contributed by atoms with Crippen LogP contribution in [0.25, 0.3) is 0 Å². The molecule has 9 heteroatoms. The molecule has 1 aromatic heterocycles. The van der Waals surface area contributed by atoms with Gasteiger partial charge in [0.2, 0.25) is 5.91 Å². The lowest BCUT2D eigenvalue weighted by Gasteiger charge is -2.11. The topological polar surface area (TPSA) is 92.4 Å². The molecule has 0 bridgehead atoms. The molecule has 0 atom stereocenters. The second-order valence-electron chi connectivity index (χ2n) is 4.96. The minimum absolute atomic E-state index is 0.175. The number of thiazole rings is 1. The third-order valence-corrected chi connectivity index (χ3v) is 4.00. The third-order valence-electron chi connectivity index (χ3n) is 2.98. The summed E-state index contributed by atoms with van der Waals surface area (Å²) in [4.78, 5) is 27.6. The van der Waals surface area contributed by atoms with Gasteiger partial charge in [0.1, 0.15) is 0 Å². The number of esters is 1. The average molecular weight is 378 g/mol. The number of ether oxygens (including phenoxy) is 1. The number of nitrogens with zero attached hydrogens (tertiary/aromatic N) is 1. The number of aromatic nitrogens is 1. The van der Waals surface area contributed by atoms with Crippen molar-refractivity contribution >= 4 is 46.2 Å². The molecular weight excluding hydrogens is 360 g/mol. The van der Waals surface area contributed by atoms with E-state index in [-0.39, 0.29) is 23.4 Å². The van der Waals surface area contributed by atoms with E-state index in [1.54, 1.807) is 31.2 Å². The predicted molar refractivity (Wildman–Crippen MR) is 100 cm³/mol. The number of amides is 1. The molecule has 0 fully saturated rings. The number of anilines is 1. The summed E-state index contributed by atoms with van der Waals surface area (Å²) >= 11 is 6.60. The first-order valence-electron chi connectivity index (χ1n) is 7.52. The van der Waals surface area contributed by atoms with E-state index < -0.39 is 0 Å². The number of hydrazine groups is 1. The second kappa shape index (κ2) is 9.09. The Morgan fingerprint density at radius 1 is 1.24 bits per heavy atom. The van der Waals surface area contributed by atoms with Gasteiger partial charge in [0.15, 0.2) is 5.11 Å². The zero-order valence-electron chi connectivity index (χ0n) is 13.8. The van der Waals surface area contributed by atoms with E-state index in [1.165, 1.54) is 11.3 Å². The van der Waals surface area contributed by atoms with Gasteiger partial charge in [-0.25, -0.2) is 9.78 Å². The Labute approximate surface area is 154 Å². The fourth-order valence-electron chi connectivity index (χ4n) is 1.89. The van der Waals surface area contributed by atoms with Gasteiger partial charge in [-0.3, -0.25) is 15.6 Å². The number of benzene rings is 1. The van der Waals surface area contributed by atoms with Crippen molar-refractivity contribution in [3.63, 3.8) is 0 Å². The number of hydrogen-bond acceptors (Lipinski definition) is 6. The Morgan fingerprint density at radius 3 is 2.56 bits per heavy atom. The maximum atomic E-state index is 11.8. The predicted octanol–water partition coefficient (Wildman–Crippen LogP) is 2.19. The molecule has 1 heterocycles. The highest BCUT2D eigenvalue weighted by Crippen LogP contribution is 2.10. The van der Waals surface area contributed by atoms with Crippen molar-refractivity contribution in [3.8, 4) is 0 Å². The van der Waals surface area contributed by atoms with Gasteiger partial charge in [-0.15, -0.1) is 11.3 Å². The highest BCUT2D eigenvalue weighted by molar-refractivity contribution is 7.80. The molecule has 132 valence electrons. The van der Waals surface area contributed by atoms with Crippen LogP contribution in [0.5, 0.6) is 0 Å². The molecule has 2 aromatic rings. The highest BCUT2D eigenvalue weighted by atomic mass is 32.1. The van der Waals surface area contributed by atoms with Gasteiger partial charge in [-0.2, -0.15) is 0 Å². The Hall–Kier alpha value is -2.52. The van der Waals surface area contributed by atoms with Crippen LogP contribution in [-0.4, -0.2) is 28.6 Å². The van der Waals surface area contributed by atoms with Crippen LogP contribution in [0.15, 0.2) is 29.6 Å². The van der Waals surface area contributed by atoms with Gasteiger partial charge in [-0.1, -0.05) is 0 Å². The lowest BCUT2D eigenvalue weighted by atomic mass is 10.2. The van der Waals surface area contributed by atoms with Crippen LogP contribution in [0.2, 0.25) is 0 Å². The van der Waals surface area contributed by atoms with Crippen molar-refractivity contribution in [3.05, 3.63) is 45.9 Å². The van der Waals surface area contributed by atoms with E-state index in [1.807, 2.05) is 12.3 Å². The van der Waals surface area contributed by atoms with Gasteiger partial charge < -0.3 is 10.1 Å². The monoisotopic (exact) mass is 378 g/mol. The summed E-state index contributed by atoms with van der Waals surface area (Å²) in [6.07, 6.45) is 0.175. The van der Waals surface area contributed by atoms with Crippen molar-refractivity contribution in [1.82, 2.24) is 15.8 Å². The minimum Gasteiger partial charge on any atom is -0.462 e. The van der Waals surface area contributed by atoms with E-state index in [4.69, 9.17) is 17.0 Å². The Morgan fingerprint density at radius 2 is 1.96 bits per heavy atom. The summed E-state index contributed by atoms with van der Waals surface area (Å²) in [5.74, 6) is -0.619. The Bertz CT molecular complexity index is 759. The van der Waals surface area contributed by atoms with Gasteiger partial charge in [-0.05, 0) is 50.3 Å². The minimum atomic E-state index is -0.376. The summed E-state index contributed by atoms with van der Waals surface area (Å²) in [6, 6.07) is 6.65. The van der Waals surface area contributed by atoms with Crippen LogP contribution >= 0.6 is 23.6 Å². The molecule has 0 saturated heterocycles. The fourth-order valence-corrected chi connectivity index (χ4v) is 2.67. The first-order valence-corrected chi connectivity index (χ1v) is 8.80. The number of thiocarbonyl (C=S) groups is 1. The molecule has 0 unspecified atom stereocenters. The molecule has 0 radical (unpaired) electrons. The molecule has 0 aliphatic carbocycles. The van der Waals surface area contributed by atoms with Crippen LogP contribution in [0.3, 0.4) is 0 Å². The zero-order valence-corrected chi connectivity index (χ0v) is 15.4. The van der Waals surface area contributed by atoms with Gasteiger partial charge in [0, 0.05) is 11.1 Å². The van der Waals surface area contributed by atoms with E-state index in [2.05, 4.69) is 21.2 Å². The van der Waals surface area contributed by atoms with Crippen LogP contribution in [0.4, 0.5) is 5.69 Å². The van der Waals surface area contributed by atoms with E-state index in [9.17, 15) is 9.59 Å². The first-order chi connectivity index (χ1) is 12.0. The van der Waals surface area contributed by atoms with Crippen molar-refractivity contribution in [2.45, 2.75) is 20.3 Å². The molecule has 1 amide bonds. The average Bonchev–Trinajstić information content (AvgIpc) is 2.99. The molecule has 7 nitrogen and oxygen atoms in total. The molecule has 0 spiro atoms. The molecule has 1 aromatic carbocycles. The van der Waals surface area contributed by atoms with Crippen LogP contribution in [0, 0.1) is 6.92 Å². The fraction of sp³-hybridized carbons (Fsp3) is 0.250. The molecule has 25 heavy (non-hydrogen) atoms. The SMILES string of the molecule is CCOC(=O)c1ccc(NC(=S)NNC(=O)Cc2csc(C)n2)cc1. The largest absolute Gasteiger partial charge is 0.462 e. The van der Waals surface area contributed by atoms with Gasteiger partial charge in [0.05, 0.1) is 29.3 Å². The molecular formula is C16H18N4O3S2. The summed E-state index contributed by atoms with van der Waals surface area (Å²) < 4.78 is 4.91. The van der Waals surface area contributed by atoms with Crippen molar-refractivity contribution in [1.29, 1.82) is 0 Å². The maximum Gasteiger partial charge on any atom is 0.338 e. The number of nitrogens with one attached hydrogen (secondary N) is 3. The summed E-state index contributed by atoms with van der Waals surface area (Å²) in [5, 5.41) is 5.89. The number of aryl methyl sites for hydroxylation is 1. The normalized spacial score (nSPS) is 10.0. The summed E-state index contributed by atoms with van der Waals surface area (Å²) in [5.41, 5.74) is 6.98. The molecule has 0 aliphatic heterocycles. The zero-order chi connectivity index (χ0) is 18.2. The molecule has 0 aliphatic rings. The van der Waals surface area contributed by atoms with Crippen LogP contribution in [-0.2, 0) is 16.0 Å². The second-order valence-corrected chi connectivity index (χ2v) is 6.43. The molecule has 2 rings (SSSR count). The summed E-state index contributed by atoms with van der Waals surface area (Å²) in [6.45, 7) is 3.96.